The standard InChI is InChI=1S/C17H19FN6OS/c1-3-9(2)24(20)17-12(18)7-11(15(19)25)16(23-17)22-10-4-5-13-14(6-10)26-8-21-13/h4-9H,3,20H2,1-2H3,(H2,19,25)(H,22,23). The Morgan fingerprint density at radius 3 is 2.88 bits per heavy atom. The number of anilines is 3. The van der Waals surface area contributed by atoms with E-state index < -0.39 is 11.7 Å². The van der Waals surface area contributed by atoms with E-state index in [-0.39, 0.29) is 23.2 Å². The summed E-state index contributed by atoms with van der Waals surface area (Å²) in [5.41, 5.74) is 8.63. The molecule has 5 N–H and O–H groups in total. The van der Waals surface area contributed by atoms with Gasteiger partial charge in [0, 0.05) is 11.7 Å². The highest BCUT2D eigenvalue weighted by Crippen LogP contribution is 2.28. The maximum atomic E-state index is 14.4. The molecule has 1 atom stereocenters. The van der Waals surface area contributed by atoms with E-state index in [4.69, 9.17) is 11.6 Å². The fraction of sp³-hybridized carbons (Fsp3) is 0.235. The summed E-state index contributed by atoms with van der Waals surface area (Å²) < 4.78 is 15.4. The third-order valence-electron chi connectivity index (χ3n) is 4.13. The molecule has 0 fully saturated rings. The van der Waals surface area contributed by atoms with Crippen LogP contribution in [0.15, 0.2) is 29.8 Å². The second kappa shape index (κ2) is 7.22. The van der Waals surface area contributed by atoms with Gasteiger partial charge in [0.05, 0.1) is 21.3 Å². The van der Waals surface area contributed by atoms with Crippen molar-refractivity contribution in [2.75, 3.05) is 10.3 Å². The van der Waals surface area contributed by atoms with Gasteiger partial charge in [-0.05, 0) is 37.6 Å². The first-order chi connectivity index (χ1) is 12.4. The average molecular weight is 374 g/mol. The monoisotopic (exact) mass is 374 g/mol. The number of hydrogen-bond acceptors (Lipinski definition) is 7. The zero-order chi connectivity index (χ0) is 18.8. The topological polar surface area (TPSA) is 110 Å². The van der Waals surface area contributed by atoms with Crippen LogP contribution < -0.4 is 21.9 Å². The SMILES string of the molecule is CCC(C)N(N)c1nc(Nc2ccc3ncsc3c2)c(C(N)=O)cc1F. The Hall–Kier alpha value is -2.78. The van der Waals surface area contributed by atoms with E-state index in [1.807, 2.05) is 26.0 Å². The average Bonchev–Trinajstić information content (AvgIpc) is 3.09. The highest BCUT2D eigenvalue weighted by molar-refractivity contribution is 7.16. The van der Waals surface area contributed by atoms with Gasteiger partial charge in [0.2, 0.25) is 0 Å². The summed E-state index contributed by atoms with van der Waals surface area (Å²) in [6.45, 7) is 3.79. The Labute approximate surface area is 153 Å². The van der Waals surface area contributed by atoms with Gasteiger partial charge in [0.25, 0.3) is 5.91 Å². The summed E-state index contributed by atoms with van der Waals surface area (Å²) in [6.07, 6.45) is 0.708. The van der Waals surface area contributed by atoms with E-state index in [1.54, 1.807) is 11.6 Å². The second-order valence-corrected chi connectivity index (χ2v) is 6.76. The fourth-order valence-electron chi connectivity index (χ4n) is 2.42. The van der Waals surface area contributed by atoms with Crippen molar-refractivity contribution < 1.29 is 9.18 Å². The van der Waals surface area contributed by atoms with E-state index in [0.29, 0.717) is 12.1 Å². The molecule has 0 aliphatic heterocycles. The van der Waals surface area contributed by atoms with Crippen molar-refractivity contribution in [3.63, 3.8) is 0 Å². The molecule has 0 saturated carbocycles. The number of pyridine rings is 1. The number of thiazole rings is 1. The van der Waals surface area contributed by atoms with Gasteiger partial charge in [-0.3, -0.25) is 9.80 Å². The maximum Gasteiger partial charge on any atom is 0.252 e. The molecule has 2 heterocycles. The van der Waals surface area contributed by atoms with Gasteiger partial charge in [0.1, 0.15) is 5.82 Å². The van der Waals surface area contributed by atoms with Gasteiger partial charge in [-0.1, -0.05) is 6.92 Å². The number of carbonyl (C=O) groups excluding carboxylic acids is 1. The number of rotatable bonds is 6. The number of primary amides is 1. The second-order valence-electron chi connectivity index (χ2n) is 5.88. The zero-order valence-electron chi connectivity index (χ0n) is 14.4. The van der Waals surface area contributed by atoms with Crippen molar-refractivity contribution in [2.45, 2.75) is 26.3 Å². The molecule has 0 saturated heterocycles. The first kappa shape index (κ1) is 18.0. The molecule has 9 heteroatoms. The molecule has 0 spiro atoms. The third-order valence-corrected chi connectivity index (χ3v) is 4.92. The summed E-state index contributed by atoms with van der Waals surface area (Å²) >= 11 is 1.49. The van der Waals surface area contributed by atoms with E-state index in [2.05, 4.69) is 15.3 Å². The van der Waals surface area contributed by atoms with Crippen molar-refractivity contribution in [3.8, 4) is 0 Å². The third kappa shape index (κ3) is 3.44. The van der Waals surface area contributed by atoms with E-state index in [0.717, 1.165) is 16.3 Å². The van der Waals surface area contributed by atoms with Gasteiger partial charge in [-0.15, -0.1) is 11.3 Å². The van der Waals surface area contributed by atoms with Crippen LogP contribution in [0.1, 0.15) is 30.6 Å². The molecule has 0 radical (unpaired) electrons. The lowest BCUT2D eigenvalue weighted by atomic mass is 10.2. The highest BCUT2D eigenvalue weighted by Gasteiger charge is 2.21. The Kier molecular flexibility index (Phi) is 5.01. The smallest absolute Gasteiger partial charge is 0.252 e. The molecule has 1 unspecified atom stereocenters. The number of carbonyl (C=O) groups is 1. The summed E-state index contributed by atoms with van der Waals surface area (Å²) in [5.74, 6) is 4.59. The van der Waals surface area contributed by atoms with Gasteiger partial charge in [-0.2, -0.15) is 0 Å². The molecule has 7 nitrogen and oxygen atoms in total. The van der Waals surface area contributed by atoms with E-state index in [9.17, 15) is 9.18 Å². The van der Waals surface area contributed by atoms with E-state index >= 15 is 0 Å². The predicted octanol–water partition coefficient (Wildman–Crippen LogP) is 3.15. The molecule has 3 aromatic rings. The van der Waals surface area contributed by atoms with Crippen LogP contribution in [0.3, 0.4) is 0 Å². The number of amides is 1. The molecule has 0 bridgehead atoms. The van der Waals surface area contributed by atoms with Gasteiger partial charge in [-0.25, -0.2) is 20.2 Å². The summed E-state index contributed by atoms with van der Waals surface area (Å²) in [5, 5.41) is 4.28. The minimum absolute atomic E-state index is 0.0480. The van der Waals surface area contributed by atoms with Crippen molar-refractivity contribution in [3.05, 3.63) is 41.2 Å². The number of hydrazine groups is 1. The van der Waals surface area contributed by atoms with Crippen LogP contribution >= 0.6 is 11.3 Å². The zero-order valence-corrected chi connectivity index (χ0v) is 15.2. The molecule has 0 aliphatic rings. The summed E-state index contributed by atoms with van der Waals surface area (Å²) in [6, 6.07) is 6.44. The quantitative estimate of drug-likeness (QED) is 0.452. The normalized spacial score (nSPS) is 12.2. The van der Waals surface area contributed by atoms with Crippen LogP contribution in [0.2, 0.25) is 0 Å². The van der Waals surface area contributed by atoms with Gasteiger partial charge >= 0.3 is 0 Å². The molecular formula is C17H19FN6OS. The number of fused-ring (bicyclic) bond motifs is 1. The molecular weight excluding hydrogens is 355 g/mol. The van der Waals surface area contributed by atoms with Gasteiger partial charge < -0.3 is 11.1 Å². The number of nitrogens with zero attached hydrogens (tertiary/aromatic N) is 3. The Balaban J connectivity index is 2.03. The molecule has 0 aliphatic carbocycles. The van der Waals surface area contributed by atoms with Crippen LogP contribution in [0, 0.1) is 5.82 Å². The number of aromatic nitrogens is 2. The van der Waals surface area contributed by atoms with Crippen molar-refractivity contribution in [2.24, 2.45) is 11.6 Å². The lowest BCUT2D eigenvalue weighted by Crippen LogP contribution is -2.40. The molecule has 1 amide bonds. The lowest BCUT2D eigenvalue weighted by molar-refractivity contribution is 0.100. The summed E-state index contributed by atoms with van der Waals surface area (Å²) in [7, 11) is 0. The van der Waals surface area contributed by atoms with Crippen LogP contribution in [0.5, 0.6) is 0 Å². The highest BCUT2D eigenvalue weighted by atomic mass is 32.1. The Bertz CT molecular complexity index is 960. The molecule has 2 aromatic heterocycles. The number of nitrogens with one attached hydrogen (secondary N) is 1. The van der Waals surface area contributed by atoms with Crippen molar-refractivity contribution in [1.29, 1.82) is 0 Å². The van der Waals surface area contributed by atoms with E-state index in [1.165, 1.54) is 16.3 Å². The van der Waals surface area contributed by atoms with Crippen LogP contribution in [0.4, 0.5) is 21.7 Å². The minimum atomic E-state index is -0.781. The number of benzene rings is 1. The van der Waals surface area contributed by atoms with Crippen LogP contribution in [0.25, 0.3) is 10.2 Å². The first-order valence-corrected chi connectivity index (χ1v) is 8.93. The number of hydrogen-bond donors (Lipinski definition) is 3. The summed E-state index contributed by atoms with van der Waals surface area (Å²) in [4.78, 5) is 20.2. The van der Waals surface area contributed by atoms with Crippen molar-refractivity contribution >= 4 is 44.8 Å². The maximum absolute atomic E-state index is 14.4. The predicted molar refractivity (Wildman–Crippen MR) is 102 cm³/mol. The van der Waals surface area contributed by atoms with Crippen LogP contribution in [-0.4, -0.2) is 21.9 Å². The molecule has 136 valence electrons. The lowest BCUT2D eigenvalue weighted by Gasteiger charge is -2.25. The number of halogens is 1. The Morgan fingerprint density at radius 2 is 2.19 bits per heavy atom. The largest absolute Gasteiger partial charge is 0.365 e. The molecule has 26 heavy (non-hydrogen) atoms. The van der Waals surface area contributed by atoms with Crippen LogP contribution in [-0.2, 0) is 0 Å². The molecule has 1 aromatic carbocycles. The Morgan fingerprint density at radius 1 is 1.42 bits per heavy atom. The first-order valence-electron chi connectivity index (χ1n) is 8.05. The van der Waals surface area contributed by atoms with Gasteiger partial charge in [0.15, 0.2) is 11.6 Å². The number of nitrogens with two attached hydrogens (primary N) is 2. The minimum Gasteiger partial charge on any atom is -0.365 e. The molecule has 3 rings (SSSR count). The van der Waals surface area contributed by atoms with Crippen molar-refractivity contribution in [1.82, 2.24) is 9.97 Å². The fourth-order valence-corrected chi connectivity index (χ4v) is 3.13.